The number of alkyl halides is 2. The van der Waals surface area contributed by atoms with Crippen LogP contribution in [0.1, 0.15) is 12.8 Å². The third-order valence-corrected chi connectivity index (χ3v) is 4.94. The fourth-order valence-electron chi connectivity index (χ4n) is 3.61. The van der Waals surface area contributed by atoms with Gasteiger partial charge in [0.25, 0.3) is 5.92 Å². The second kappa shape index (κ2) is 6.31. The number of rotatable bonds is 4. The van der Waals surface area contributed by atoms with Crippen molar-refractivity contribution in [3.8, 4) is 17.0 Å². The Labute approximate surface area is 149 Å². The van der Waals surface area contributed by atoms with Gasteiger partial charge in [0.2, 0.25) is 11.8 Å². The van der Waals surface area contributed by atoms with Crippen LogP contribution in [0.15, 0.2) is 24.5 Å². The lowest BCUT2D eigenvalue weighted by Gasteiger charge is -2.23. The number of likely N-dealkylation sites (tertiary alicyclic amines) is 1. The lowest BCUT2D eigenvalue weighted by molar-refractivity contribution is -0.121. The summed E-state index contributed by atoms with van der Waals surface area (Å²) < 4.78 is 32.3. The van der Waals surface area contributed by atoms with E-state index in [0.717, 1.165) is 11.1 Å². The van der Waals surface area contributed by atoms with Gasteiger partial charge in [0, 0.05) is 36.8 Å². The van der Waals surface area contributed by atoms with E-state index in [-0.39, 0.29) is 25.4 Å². The number of hydrogen-bond acceptors (Lipinski definition) is 5. The lowest BCUT2D eigenvalue weighted by atomic mass is 10.1. The third kappa shape index (κ3) is 2.92. The number of carbonyl (C=O) groups is 1. The van der Waals surface area contributed by atoms with Crippen LogP contribution < -0.4 is 9.64 Å². The number of H-pyrrole nitrogens is 1. The Morgan fingerprint density at radius 3 is 2.85 bits per heavy atom. The highest BCUT2D eigenvalue weighted by Crippen LogP contribution is 2.34. The molecule has 26 heavy (non-hydrogen) atoms. The van der Waals surface area contributed by atoms with Crippen LogP contribution >= 0.6 is 0 Å². The number of aromatic nitrogens is 3. The number of hydrogen-bond donors (Lipinski definition) is 1. The number of aromatic amines is 1. The predicted molar refractivity (Wildman–Crippen MR) is 90.3 cm³/mol. The highest BCUT2D eigenvalue weighted by molar-refractivity contribution is 5.99. The Kier molecular flexibility index (Phi) is 4.10. The van der Waals surface area contributed by atoms with E-state index < -0.39 is 12.0 Å². The molecule has 0 saturated carbocycles. The fraction of sp³-hybridized carbons (Fsp3) is 0.471. The van der Waals surface area contributed by atoms with Crippen molar-refractivity contribution in [3.63, 3.8) is 0 Å². The molecule has 7 nitrogen and oxygen atoms in total. The number of halogens is 2. The van der Waals surface area contributed by atoms with Crippen molar-refractivity contribution < 1.29 is 18.3 Å². The minimum Gasteiger partial charge on any atom is -0.480 e. The number of pyridine rings is 1. The van der Waals surface area contributed by atoms with E-state index in [1.165, 1.54) is 7.11 Å². The van der Waals surface area contributed by atoms with Crippen LogP contribution in [0.25, 0.3) is 11.1 Å². The number of anilines is 1. The van der Waals surface area contributed by atoms with Crippen LogP contribution in [0.4, 0.5) is 14.6 Å². The zero-order chi connectivity index (χ0) is 18.3. The maximum atomic E-state index is 13.5. The van der Waals surface area contributed by atoms with E-state index in [4.69, 9.17) is 4.74 Å². The zero-order valence-corrected chi connectivity index (χ0v) is 14.3. The minimum atomic E-state index is -2.71. The second-order valence-corrected chi connectivity index (χ2v) is 6.58. The van der Waals surface area contributed by atoms with Gasteiger partial charge in [-0.05, 0) is 18.6 Å². The van der Waals surface area contributed by atoms with Gasteiger partial charge in [0.1, 0.15) is 5.82 Å². The predicted octanol–water partition coefficient (Wildman–Crippen LogP) is 1.93. The molecule has 2 aromatic rings. The first-order chi connectivity index (χ1) is 12.5. The first-order valence-electron chi connectivity index (χ1n) is 8.46. The summed E-state index contributed by atoms with van der Waals surface area (Å²) in [6.07, 6.45) is 3.71. The van der Waals surface area contributed by atoms with Crippen molar-refractivity contribution >= 4 is 11.7 Å². The highest BCUT2D eigenvalue weighted by Gasteiger charge is 2.46. The maximum absolute atomic E-state index is 13.5. The smallest absolute Gasteiger partial charge is 0.261 e. The molecule has 0 bridgehead atoms. The summed E-state index contributed by atoms with van der Waals surface area (Å²) in [5.41, 5.74) is 1.58. The summed E-state index contributed by atoms with van der Waals surface area (Å²) in [6, 6.07) is 3.05. The van der Waals surface area contributed by atoms with Gasteiger partial charge in [-0.15, -0.1) is 0 Å². The molecule has 2 aromatic heterocycles. The molecule has 0 spiro atoms. The number of ether oxygens (including phenoxy) is 1. The Morgan fingerprint density at radius 1 is 1.35 bits per heavy atom. The molecule has 4 rings (SSSR count). The van der Waals surface area contributed by atoms with E-state index in [0.29, 0.717) is 24.7 Å². The lowest BCUT2D eigenvalue weighted by Crippen LogP contribution is -2.41. The molecular formula is C17H19F2N5O2. The fourth-order valence-corrected chi connectivity index (χ4v) is 3.61. The number of nitrogens with one attached hydrogen (secondary N) is 1. The van der Waals surface area contributed by atoms with Gasteiger partial charge in [-0.25, -0.2) is 8.78 Å². The van der Waals surface area contributed by atoms with Gasteiger partial charge in [0.05, 0.1) is 25.9 Å². The van der Waals surface area contributed by atoms with Crippen molar-refractivity contribution in [3.05, 3.63) is 24.5 Å². The Balaban J connectivity index is 1.56. The molecule has 1 amide bonds. The van der Waals surface area contributed by atoms with Crippen molar-refractivity contribution in [1.82, 2.24) is 20.1 Å². The standard InChI is InChI=1S/C17H19F2N5O2/c1-26-15-12(11-8-20-21-9-11)2-3-14(22-15)24-6-4-13(16(24)25)23-7-5-17(18,19)10-23/h2-3,8-9,13H,4-7,10H2,1H3,(H,20,21). The summed E-state index contributed by atoms with van der Waals surface area (Å²) in [7, 11) is 1.51. The Morgan fingerprint density at radius 2 is 2.19 bits per heavy atom. The van der Waals surface area contributed by atoms with Gasteiger partial charge < -0.3 is 4.74 Å². The first kappa shape index (κ1) is 16.9. The molecular weight excluding hydrogens is 344 g/mol. The molecule has 2 fully saturated rings. The van der Waals surface area contributed by atoms with Crippen molar-refractivity contribution in [2.45, 2.75) is 24.8 Å². The van der Waals surface area contributed by atoms with Crippen LogP contribution in [0.2, 0.25) is 0 Å². The second-order valence-electron chi connectivity index (χ2n) is 6.58. The number of carbonyl (C=O) groups excluding carboxylic acids is 1. The van der Waals surface area contributed by atoms with Gasteiger partial charge >= 0.3 is 0 Å². The molecule has 2 aliphatic rings. The van der Waals surface area contributed by atoms with Gasteiger partial charge in [0.15, 0.2) is 0 Å². The summed E-state index contributed by atoms with van der Waals surface area (Å²) in [4.78, 5) is 20.3. The third-order valence-electron chi connectivity index (χ3n) is 4.94. The van der Waals surface area contributed by atoms with Crippen LogP contribution in [-0.2, 0) is 4.79 Å². The molecule has 1 N–H and O–H groups in total. The van der Waals surface area contributed by atoms with Crippen molar-refractivity contribution in [2.24, 2.45) is 0 Å². The molecule has 1 atom stereocenters. The van der Waals surface area contributed by atoms with Crippen LogP contribution in [0.5, 0.6) is 5.88 Å². The maximum Gasteiger partial charge on any atom is 0.261 e. The average Bonchev–Trinajstić information content (AvgIpc) is 3.34. The minimum absolute atomic E-state index is 0.187. The van der Waals surface area contributed by atoms with Gasteiger partial charge in [-0.3, -0.25) is 19.7 Å². The summed E-state index contributed by atoms with van der Waals surface area (Å²) in [6.45, 7) is 0.341. The van der Waals surface area contributed by atoms with E-state index in [1.54, 1.807) is 28.3 Å². The van der Waals surface area contributed by atoms with E-state index in [9.17, 15) is 13.6 Å². The van der Waals surface area contributed by atoms with Crippen LogP contribution in [-0.4, -0.2) is 64.7 Å². The Bertz CT molecular complexity index is 811. The monoisotopic (exact) mass is 363 g/mol. The SMILES string of the molecule is COc1nc(N2CCC(N3CCC(F)(F)C3)C2=O)ccc1-c1cn[nH]c1. The molecule has 1 unspecified atom stereocenters. The van der Waals surface area contributed by atoms with Gasteiger partial charge in [-0.2, -0.15) is 10.1 Å². The molecule has 2 saturated heterocycles. The molecule has 9 heteroatoms. The van der Waals surface area contributed by atoms with E-state index >= 15 is 0 Å². The molecule has 0 aromatic carbocycles. The number of methoxy groups -OCH3 is 1. The normalized spacial score (nSPS) is 23.0. The van der Waals surface area contributed by atoms with Gasteiger partial charge in [-0.1, -0.05) is 0 Å². The molecule has 0 aliphatic carbocycles. The molecule has 0 radical (unpaired) electrons. The largest absolute Gasteiger partial charge is 0.480 e. The van der Waals surface area contributed by atoms with E-state index in [2.05, 4.69) is 15.2 Å². The topological polar surface area (TPSA) is 74.3 Å². The average molecular weight is 363 g/mol. The summed E-state index contributed by atoms with van der Waals surface area (Å²) in [5.74, 6) is -2.05. The zero-order valence-electron chi connectivity index (χ0n) is 14.3. The van der Waals surface area contributed by atoms with Crippen LogP contribution in [0, 0.1) is 0 Å². The molecule has 138 valence electrons. The van der Waals surface area contributed by atoms with E-state index in [1.807, 2.05) is 6.07 Å². The first-order valence-corrected chi connectivity index (χ1v) is 8.46. The summed E-state index contributed by atoms with van der Waals surface area (Å²) >= 11 is 0. The van der Waals surface area contributed by atoms with Crippen LogP contribution in [0.3, 0.4) is 0 Å². The molecule has 2 aliphatic heterocycles. The number of amides is 1. The van der Waals surface area contributed by atoms with Crippen molar-refractivity contribution in [2.75, 3.05) is 31.6 Å². The highest BCUT2D eigenvalue weighted by atomic mass is 19.3. The quantitative estimate of drug-likeness (QED) is 0.898. The van der Waals surface area contributed by atoms with Crippen molar-refractivity contribution in [1.29, 1.82) is 0 Å². The number of nitrogens with zero attached hydrogens (tertiary/aromatic N) is 4. The molecule has 4 heterocycles. The Hall–Kier alpha value is -2.55. The summed E-state index contributed by atoms with van der Waals surface area (Å²) in [5, 5.41) is 6.65.